The van der Waals surface area contributed by atoms with E-state index in [-0.39, 0.29) is 82.9 Å². The third-order valence-electron chi connectivity index (χ3n) is 10.6. The van der Waals surface area contributed by atoms with Crippen molar-refractivity contribution in [1.29, 1.82) is 5.41 Å². The van der Waals surface area contributed by atoms with Gasteiger partial charge in [-0.05, 0) is 44.3 Å². The highest BCUT2D eigenvalue weighted by molar-refractivity contribution is 7.28. The number of rotatable bonds is 6. The third kappa shape index (κ3) is 7.15. The standard InChI is InChI=1S/C45H20B11N3S/c46-31-26(27-30-32(47)28(29-33(48)37(52)39(54)38(53)34(29)49)35(50)40(55)43(30)60-42(27)41(56)36(31)51)19-58-45(25-17-13-23(14-18-25)21-9-5-2-6-10-21)59-44(57)24-15-11-22(12-16-24)20-7-3-1-4-8-20/h1-19,57H. The van der Waals surface area contributed by atoms with E-state index in [1.165, 1.54) is 17.6 Å². The number of fused-ring (bicyclic) bond motifs is 3. The van der Waals surface area contributed by atoms with Gasteiger partial charge in [0.25, 0.3) is 0 Å². The fourth-order valence-corrected chi connectivity index (χ4v) is 8.55. The molecule has 0 bridgehead atoms. The highest BCUT2D eigenvalue weighted by Crippen LogP contribution is 2.33. The Kier molecular flexibility index (Phi) is 11.3. The topological polar surface area (TPSA) is 48.6 Å². The molecule has 8 rings (SSSR count). The summed E-state index contributed by atoms with van der Waals surface area (Å²) in [5.74, 6) is 0.208. The van der Waals surface area contributed by atoms with E-state index in [1.807, 2.05) is 109 Å². The molecule has 0 aliphatic carbocycles. The first-order chi connectivity index (χ1) is 28.8. The molecule has 22 radical (unpaired) electrons. The maximum Gasteiger partial charge on any atom is 0.161 e. The molecular formula is C45H20B11N3S. The minimum absolute atomic E-state index is 0.0137. The smallest absolute Gasteiger partial charge is 0.161 e. The predicted octanol–water partition coefficient (Wildman–Crippen LogP) is -1.32. The average molecular weight is 754 g/mol. The van der Waals surface area contributed by atoms with Crippen molar-refractivity contribution < 1.29 is 0 Å². The van der Waals surface area contributed by atoms with Gasteiger partial charge in [-0.15, -0.1) is 33.2 Å². The van der Waals surface area contributed by atoms with Crippen molar-refractivity contribution in [3.05, 3.63) is 126 Å². The minimum Gasteiger partial charge on any atom is -0.282 e. The molecule has 0 amide bonds. The van der Waals surface area contributed by atoms with Crippen LogP contribution >= 0.6 is 11.3 Å². The third-order valence-corrected chi connectivity index (χ3v) is 11.9. The number of thiophene rings is 1. The molecule has 0 fully saturated rings. The lowest BCUT2D eigenvalue weighted by atomic mass is 9.57. The van der Waals surface area contributed by atoms with Gasteiger partial charge in [0.05, 0.1) is 0 Å². The van der Waals surface area contributed by atoms with Crippen molar-refractivity contribution >= 4 is 196 Å². The summed E-state index contributed by atoms with van der Waals surface area (Å²) < 4.78 is 1.04. The quantitative estimate of drug-likeness (QED) is 0.125. The predicted molar refractivity (Wildman–Crippen MR) is 269 cm³/mol. The summed E-state index contributed by atoms with van der Waals surface area (Å²) in [7, 11) is 72.1. The van der Waals surface area contributed by atoms with Gasteiger partial charge < -0.3 is 0 Å². The zero-order chi connectivity index (χ0) is 42.6. The summed E-state index contributed by atoms with van der Waals surface area (Å²) >= 11 is 1.24. The summed E-state index contributed by atoms with van der Waals surface area (Å²) in [5, 5.41) is 10.0. The van der Waals surface area contributed by atoms with E-state index in [0.29, 0.717) is 36.9 Å². The Balaban J connectivity index is 1.33. The van der Waals surface area contributed by atoms with Gasteiger partial charge >= 0.3 is 0 Å². The fraction of sp³-hybridized carbons (Fsp3) is 0. The highest BCUT2D eigenvalue weighted by Gasteiger charge is 2.23. The Morgan fingerprint density at radius 3 is 1.35 bits per heavy atom. The van der Waals surface area contributed by atoms with Crippen LogP contribution in [-0.4, -0.2) is 104 Å². The molecular weight excluding hydrogens is 734 g/mol. The first-order valence-electron chi connectivity index (χ1n) is 18.5. The summed E-state index contributed by atoms with van der Waals surface area (Å²) in [4.78, 5) is 9.67. The molecule has 0 aliphatic rings. The van der Waals surface area contributed by atoms with Crippen LogP contribution in [0.4, 0.5) is 0 Å². The van der Waals surface area contributed by atoms with Crippen LogP contribution in [0.25, 0.3) is 53.6 Å². The molecule has 3 nitrogen and oxygen atoms in total. The van der Waals surface area contributed by atoms with Crippen LogP contribution in [0.15, 0.2) is 119 Å². The van der Waals surface area contributed by atoms with Gasteiger partial charge in [0, 0.05) is 32.1 Å². The molecule has 0 spiro atoms. The Morgan fingerprint density at radius 2 is 0.817 bits per heavy atom. The molecule has 0 unspecified atom stereocenters. The van der Waals surface area contributed by atoms with Crippen molar-refractivity contribution in [3.63, 3.8) is 0 Å². The SMILES string of the molecule is [B]c1c([B])c([B])c(-c2c([B])c([B])c3sc4c([B])c([B])c([B])c(C=NC(=NC(=N)c5ccc(-c6ccccc6)cc5)c5ccc(-c6ccccc6)cc5)c4c3c2[B])c([B])c1[B]. The second kappa shape index (κ2) is 16.5. The zero-order valence-corrected chi connectivity index (χ0v) is 32.9. The Bertz CT molecular complexity index is 3060. The van der Waals surface area contributed by atoms with Gasteiger partial charge in [-0.1, -0.05) is 147 Å². The van der Waals surface area contributed by atoms with Crippen LogP contribution in [0.2, 0.25) is 0 Å². The van der Waals surface area contributed by atoms with Gasteiger partial charge in [-0.25, -0.2) is 9.98 Å². The lowest BCUT2D eigenvalue weighted by Gasteiger charge is -2.26. The molecule has 0 saturated heterocycles. The van der Waals surface area contributed by atoms with E-state index in [4.69, 9.17) is 102 Å². The normalized spacial score (nSPS) is 11.8. The maximum absolute atomic E-state index is 9.11. The van der Waals surface area contributed by atoms with Crippen LogP contribution in [-0.2, 0) is 0 Å². The van der Waals surface area contributed by atoms with Gasteiger partial charge in [0.15, 0.2) is 11.7 Å². The van der Waals surface area contributed by atoms with Crippen LogP contribution in [0.1, 0.15) is 16.7 Å². The molecule has 7 aromatic carbocycles. The van der Waals surface area contributed by atoms with Crippen molar-refractivity contribution in [1.82, 2.24) is 0 Å². The molecule has 1 N–H and O–H groups in total. The number of nitrogens with one attached hydrogen (secondary N) is 1. The van der Waals surface area contributed by atoms with Gasteiger partial charge in [0.1, 0.15) is 86.3 Å². The molecule has 0 aliphatic heterocycles. The van der Waals surface area contributed by atoms with Crippen molar-refractivity contribution in [3.8, 4) is 33.4 Å². The van der Waals surface area contributed by atoms with Crippen LogP contribution < -0.4 is 60.1 Å². The number of nitrogens with zero attached hydrogens (tertiary/aromatic N) is 2. The van der Waals surface area contributed by atoms with Crippen LogP contribution in [0.3, 0.4) is 0 Å². The number of hydrogen-bond donors (Lipinski definition) is 1. The summed E-state index contributed by atoms with van der Waals surface area (Å²) in [6.45, 7) is 0. The summed E-state index contributed by atoms with van der Waals surface area (Å²) in [5.41, 5.74) is 7.06. The largest absolute Gasteiger partial charge is 0.282 e. The van der Waals surface area contributed by atoms with E-state index in [1.54, 1.807) is 0 Å². The van der Waals surface area contributed by atoms with E-state index >= 15 is 0 Å². The van der Waals surface area contributed by atoms with Crippen LogP contribution in [0, 0.1) is 5.41 Å². The fourth-order valence-electron chi connectivity index (χ4n) is 7.28. The van der Waals surface area contributed by atoms with E-state index in [2.05, 4.69) is 0 Å². The molecule has 254 valence electrons. The molecule has 8 aromatic rings. The summed E-state index contributed by atoms with van der Waals surface area (Å²) in [6.07, 6.45) is 1.53. The zero-order valence-electron chi connectivity index (χ0n) is 32.1. The minimum atomic E-state index is -0.0147. The van der Waals surface area contributed by atoms with Gasteiger partial charge in [-0.2, -0.15) is 0 Å². The first-order valence-corrected chi connectivity index (χ1v) is 19.3. The van der Waals surface area contributed by atoms with Crippen molar-refractivity contribution in [2.45, 2.75) is 0 Å². The number of benzene rings is 7. The van der Waals surface area contributed by atoms with Crippen LogP contribution in [0.5, 0.6) is 0 Å². The van der Waals surface area contributed by atoms with Crippen molar-refractivity contribution in [2.75, 3.05) is 0 Å². The van der Waals surface area contributed by atoms with E-state index in [0.717, 1.165) is 22.3 Å². The van der Waals surface area contributed by atoms with Gasteiger partial charge in [0.2, 0.25) is 0 Å². The van der Waals surface area contributed by atoms with Crippen molar-refractivity contribution in [2.24, 2.45) is 9.98 Å². The second-order valence-electron chi connectivity index (χ2n) is 14.2. The average Bonchev–Trinajstić information content (AvgIpc) is 3.68. The monoisotopic (exact) mass is 755 g/mol. The molecule has 1 aromatic heterocycles. The molecule has 0 saturated carbocycles. The number of hydrogen-bond acceptors (Lipinski definition) is 2. The maximum atomic E-state index is 9.11. The molecule has 0 atom stereocenters. The Hall–Kier alpha value is -5.52. The lowest BCUT2D eigenvalue weighted by Crippen LogP contribution is -2.56. The number of aliphatic imine (C=N–C) groups is 2. The number of amidine groups is 2. The molecule has 60 heavy (non-hydrogen) atoms. The van der Waals surface area contributed by atoms with Gasteiger partial charge in [-0.3, -0.25) is 5.41 Å². The molecule has 1 heterocycles. The Morgan fingerprint density at radius 1 is 0.417 bits per heavy atom. The summed E-state index contributed by atoms with van der Waals surface area (Å²) in [6, 6.07) is 35.3. The molecule has 15 heteroatoms. The van der Waals surface area contributed by atoms with E-state index < -0.39 is 0 Å². The second-order valence-corrected chi connectivity index (χ2v) is 15.2. The lowest BCUT2D eigenvalue weighted by molar-refractivity contribution is 1.40. The first kappa shape index (κ1) is 41.2. The van der Waals surface area contributed by atoms with E-state index in [9.17, 15) is 0 Å². The highest BCUT2D eigenvalue weighted by atomic mass is 32.1. The Labute approximate surface area is 368 Å².